The Morgan fingerprint density at radius 3 is 2.80 bits per heavy atom. The lowest BCUT2D eigenvalue weighted by molar-refractivity contribution is 0.306. The third-order valence-corrected chi connectivity index (χ3v) is 3.42. The van der Waals surface area contributed by atoms with E-state index in [9.17, 15) is 4.39 Å². The Balaban J connectivity index is 1.89. The SMILES string of the molecule is Cc1ccc2c(c1)c(COc1cccc(F)c1)cn2C. The van der Waals surface area contributed by atoms with E-state index in [4.69, 9.17) is 4.74 Å². The van der Waals surface area contributed by atoms with E-state index in [1.807, 2.05) is 7.05 Å². The van der Waals surface area contributed by atoms with Crippen molar-refractivity contribution in [2.75, 3.05) is 0 Å². The fourth-order valence-electron chi connectivity index (χ4n) is 2.42. The zero-order chi connectivity index (χ0) is 14.1. The van der Waals surface area contributed by atoms with Crippen LogP contribution in [0, 0.1) is 12.7 Å². The van der Waals surface area contributed by atoms with Crippen molar-refractivity contribution in [3.05, 3.63) is 65.6 Å². The molecule has 0 amide bonds. The largest absolute Gasteiger partial charge is 0.489 e. The first-order chi connectivity index (χ1) is 9.63. The molecule has 20 heavy (non-hydrogen) atoms. The molecule has 3 aromatic rings. The summed E-state index contributed by atoms with van der Waals surface area (Å²) in [5, 5.41) is 1.18. The molecule has 1 aromatic heterocycles. The summed E-state index contributed by atoms with van der Waals surface area (Å²) in [6, 6.07) is 12.6. The van der Waals surface area contributed by atoms with Crippen LogP contribution >= 0.6 is 0 Å². The van der Waals surface area contributed by atoms with Gasteiger partial charge in [0.15, 0.2) is 0 Å². The Hall–Kier alpha value is -2.29. The smallest absolute Gasteiger partial charge is 0.126 e. The molecule has 0 atom stereocenters. The Bertz CT molecular complexity index is 761. The number of nitrogens with zero attached hydrogens (tertiary/aromatic N) is 1. The minimum Gasteiger partial charge on any atom is -0.489 e. The molecule has 2 aromatic carbocycles. The van der Waals surface area contributed by atoms with Gasteiger partial charge in [0.1, 0.15) is 18.2 Å². The van der Waals surface area contributed by atoms with Gasteiger partial charge in [-0.3, -0.25) is 0 Å². The third kappa shape index (κ3) is 2.39. The first-order valence-corrected chi connectivity index (χ1v) is 6.56. The topological polar surface area (TPSA) is 14.2 Å². The summed E-state index contributed by atoms with van der Waals surface area (Å²) >= 11 is 0. The van der Waals surface area contributed by atoms with Crippen molar-refractivity contribution in [1.82, 2.24) is 4.57 Å². The van der Waals surface area contributed by atoms with Gasteiger partial charge in [-0.15, -0.1) is 0 Å². The predicted octanol–water partition coefficient (Wildman–Crippen LogP) is 4.20. The van der Waals surface area contributed by atoms with E-state index in [1.54, 1.807) is 12.1 Å². The first kappa shape index (κ1) is 12.7. The lowest BCUT2D eigenvalue weighted by Crippen LogP contribution is -1.95. The molecule has 0 saturated carbocycles. The van der Waals surface area contributed by atoms with Crippen LogP contribution in [0.1, 0.15) is 11.1 Å². The van der Waals surface area contributed by atoms with Crippen molar-refractivity contribution in [2.45, 2.75) is 13.5 Å². The van der Waals surface area contributed by atoms with Crippen LogP contribution in [0.15, 0.2) is 48.7 Å². The zero-order valence-corrected chi connectivity index (χ0v) is 11.6. The van der Waals surface area contributed by atoms with Gasteiger partial charge in [0.05, 0.1) is 0 Å². The van der Waals surface area contributed by atoms with Crippen LogP contribution in [0.2, 0.25) is 0 Å². The maximum absolute atomic E-state index is 13.1. The van der Waals surface area contributed by atoms with E-state index in [1.165, 1.54) is 28.6 Å². The third-order valence-electron chi connectivity index (χ3n) is 3.42. The maximum atomic E-state index is 13.1. The fourth-order valence-corrected chi connectivity index (χ4v) is 2.42. The normalized spacial score (nSPS) is 10.9. The summed E-state index contributed by atoms with van der Waals surface area (Å²) in [6.45, 7) is 2.51. The first-order valence-electron chi connectivity index (χ1n) is 6.56. The van der Waals surface area contributed by atoms with E-state index in [0.717, 1.165) is 5.56 Å². The number of aryl methyl sites for hydroxylation is 2. The molecule has 0 N–H and O–H groups in total. The van der Waals surface area contributed by atoms with Gasteiger partial charge in [-0.2, -0.15) is 0 Å². The number of aromatic nitrogens is 1. The van der Waals surface area contributed by atoms with Crippen LogP contribution in [0.3, 0.4) is 0 Å². The summed E-state index contributed by atoms with van der Waals surface area (Å²) in [5.74, 6) is 0.269. The second kappa shape index (κ2) is 5.00. The van der Waals surface area contributed by atoms with Crippen molar-refractivity contribution in [1.29, 1.82) is 0 Å². The summed E-state index contributed by atoms with van der Waals surface area (Å²) in [5.41, 5.74) is 3.50. The van der Waals surface area contributed by atoms with Crippen LogP contribution < -0.4 is 4.74 Å². The minimum atomic E-state index is -0.281. The molecule has 0 bridgehead atoms. The van der Waals surface area contributed by atoms with E-state index < -0.39 is 0 Å². The molecule has 0 aliphatic carbocycles. The molecule has 0 radical (unpaired) electrons. The van der Waals surface area contributed by atoms with Crippen LogP contribution in [-0.2, 0) is 13.7 Å². The predicted molar refractivity (Wildman–Crippen MR) is 78.4 cm³/mol. The molecule has 1 heterocycles. The monoisotopic (exact) mass is 269 g/mol. The molecular formula is C17H16FNO. The number of hydrogen-bond donors (Lipinski definition) is 0. The van der Waals surface area contributed by atoms with Crippen molar-refractivity contribution < 1.29 is 9.13 Å². The molecule has 3 heteroatoms. The second-order valence-corrected chi connectivity index (χ2v) is 5.03. The van der Waals surface area contributed by atoms with Crippen LogP contribution in [0.25, 0.3) is 10.9 Å². The van der Waals surface area contributed by atoms with Crippen molar-refractivity contribution >= 4 is 10.9 Å². The van der Waals surface area contributed by atoms with Gasteiger partial charge in [0.2, 0.25) is 0 Å². The Labute approximate surface area is 117 Å². The fraction of sp³-hybridized carbons (Fsp3) is 0.176. The quantitative estimate of drug-likeness (QED) is 0.695. The molecule has 0 spiro atoms. The average Bonchev–Trinajstić information content (AvgIpc) is 2.73. The summed E-state index contributed by atoms with van der Waals surface area (Å²) < 4.78 is 20.9. The lowest BCUT2D eigenvalue weighted by atomic mass is 10.1. The van der Waals surface area contributed by atoms with Crippen molar-refractivity contribution in [2.24, 2.45) is 7.05 Å². The van der Waals surface area contributed by atoms with Crippen LogP contribution in [-0.4, -0.2) is 4.57 Å². The molecular weight excluding hydrogens is 253 g/mol. The molecule has 2 nitrogen and oxygen atoms in total. The zero-order valence-electron chi connectivity index (χ0n) is 11.6. The minimum absolute atomic E-state index is 0.281. The number of rotatable bonds is 3. The van der Waals surface area contributed by atoms with Crippen LogP contribution in [0.4, 0.5) is 4.39 Å². The molecule has 0 unspecified atom stereocenters. The number of fused-ring (bicyclic) bond motifs is 1. The summed E-state index contributed by atoms with van der Waals surface area (Å²) in [7, 11) is 2.02. The van der Waals surface area contributed by atoms with Gasteiger partial charge < -0.3 is 9.30 Å². The summed E-state index contributed by atoms with van der Waals surface area (Å²) in [6.07, 6.45) is 2.06. The van der Waals surface area contributed by atoms with Gasteiger partial charge in [0, 0.05) is 35.8 Å². The Morgan fingerprint density at radius 2 is 2.00 bits per heavy atom. The molecule has 3 rings (SSSR count). The Kier molecular flexibility index (Phi) is 3.18. The summed E-state index contributed by atoms with van der Waals surface area (Å²) in [4.78, 5) is 0. The molecule has 0 aliphatic rings. The van der Waals surface area contributed by atoms with Gasteiger partial charge in [0.25, 0.3) is 0 Å². The van der Waals surface area contributed by atoms with Crippen LogP contribution in [0.5, 0.6) is 5.75 Å². The number of hydrogen-bond acceptors (Lipinski definition) is 1. The van der Waals surface area contributed by atoms with Crippen molar-refractivity contribution in [3.63, 3.8) is 0 Å². The van der Waals surface area contributed by atoms with E-state index in [-0.39, 0.29) is 5.82 Å². The van der Waals surface area contributed by atoms with Gasteiger partial charge in [-0.05, 0) is 31.2 Å². The second-order valence-electron chi connectivity index (χ2n) is 5.03. The lowest BCUT2D eigenvalue weighted by Gasteiger charge is -2.05. The highest BCUT2D eigenvalue weighted by Crippen LogP contribution is 2.23. The highest BCUT2D eigenvalue weighted by Gasteiger charge is 2.07. The highest BCUT2D eigenvalue weighted by molar-refractivity contribution is 5.84. The average molecular weight is 269 g/mol. The molecule has 102 valence electrons. The molecule has 0 fully saturated rings. The maximum Gasteiger partial charge on any atom is 0.126 e. The van der Waals surface area contributed by atoms with Gasteiger partial charge >= 0.3 is 0 Å². The van der Waals surface area contributed by atoms with Gasteiger partial charge in [-0.25, -0.2) is 4.39 Å². The highest BCUT2D eigenvalue weighted by atomic mass is 19.1. The van der Waals surface area contributed by atoms with Gasteiger partial charge in [-0.1, -0.05) is 17.7 Å². The molecule has 0 aliphatic heterocycles. The number of benzene rings is 2. The number of halogens is 1. The van der Waals surface area contributed by atoms with E-state index in [2.05, 4.69) is 35.9 Å². The van der Waals surface area contributed by atoms with Crippen molar-refractivity contribution in [3.8, 4) is 5.75 Å². The standard InChI is InChI=1S/C17H16FNO/c1-12-6-7-17-16(8-12)13(10-19(17)2)11-20-15-5-3-4-14(18)9-15/h3-10H,11H2,1-2H3. The van der Waals surface area contributed by atoms with E-state index in [0.29, 0.717) is 12.4 Å². The van der Waals surface area contributed by atoms with E-state index >= 15 is 0 Å². The number of ether oxygens (including phenoxy) is 1. The molecule has 0 saturated heterocycles. The Morgan fingerprint density at radius 1 is 1.15 bits per heavy atom.